The van der Waals surface area contributed by atoms with E-state index in [0.717, 1.165) is 12.2 Å². The minimum Gasteiger partial charge on any atom is -0.479 e. The van der Waals surface area contributed by atoms with E-state index in [9.17, 15) is 9.59 Å². The Bertz CT molecular complexity index is 306. The van der Waals surface area contributed by atoms with Crippen molar-refractivity contribution in [3.63, 3.8) is 0 Å². The summed E-state index contributed by atoms with van der Waals surface area (Å²) in [6.07, 6.45) is 1.31. The molecule has 16 heavy (non-hydrogen) atoms. The average Bonchev–Trinajstić information content (AvgIpc) is 2.10. The fraction of sp³-hybridized carbons (Fsp3) is 0.455. The topological polar surface area (TPSA) is 75.6 Å². The molecule has 1 amide bonds. The van der Waals surface area contributed by atoms with Gasteiger partial charge in [0, 0.05) is 0 Å². The highest BCUT2D eigenvalue weighted by Gasteiger charge is 2.35. The van der Waals surface area contributed by atoms with Crippen LogP contribution in [0.5, 0.6) is 0 Å². The zero-order chi connectivity index (χ0) is 13.0. The zero-order valence-electron chi connectivity index (χ0n) is 9.74. The fourth-order valence-corrected chi connectivity index (χ4v) is 0.886. The lowest BCUT2D eigenvalue weighted by Gasteiger charge is -2.26. The second-order valence-corrected chi connectivity index (χ2v) is 4.21. The van der Waals surface area contributed by atoms with Crippen molar-refractivity contribution in [1.82, 2.24) is 5.32 Å². The van der Waals surface area contributed by atoms with Gasteiger partial charge in [-0.2, -0.15) is 0 Å². The van der Waals surface area contributed by atoms with Crippen LogP contribution in [-0.4, -0.2) is 28.3 Å². The third kappa shape index (κ3) is 3.76. The van der Waals surface area contributed by atoms with Gasteiger partial charge in [-0.1, -0.05) is 25.3 Å². The van der Waals surface area contributed by atoms with Crippen LogP contribution in [0.4, 0.5) is 4.79 Å². The molecule has 0 spiro atoms. The van der Waals surface area contributed by atoms with E-state index in [1.54, 1.807) is 20.8 Å². The Kier molecular flexibility index (Phi) is 4.29. The third-order valence-electron chi connectivity index (χ3n) is 1.71. The molecular weight excluding hydrogens is 210 g/mol. The summed E-state index contributed by atoms with van der Waals surface area (Å²) in [6.45, 7) is 11.7. The van der Waals surface area contributed by atoms with Crippen LogP contribution >= 0.6 is 0 Å². The minimum absolute atomic E-state index is 0.698. The molecule has 0 aliphatic rings. The lowest BCUT2D eigenvalue weighted by molar-refractivity contribution is -0.140. The number of alkyl carbamates (subject to hydrolysis) is 1. The van der Waals surface area contributed by atoms with Gasteiger partial charge >= 0.3 is 12.1 Å². The molecule has 0 aliphatic heterocycles. The minimum atomic E-state index is -1.71. The number of carboxylic acid groups (broad SMARTS) is 1. The van der Waals surface area contributed by atoms with Crippen LogP contribution < -0.4 is 5.32 Å². The van der Waals surface area contributed by atoms with Crippen LogP contribution in [0.2, 0.25) is 0 Å². The molecule has 0 aromatic carbocycles. The van der Waals surface area contributed by atoms with Crippen molar-refractivity contribution in [3.8, 4) is 0 Å². The van der Waals surface area contributed by atoms with E-state index in [1.165, 1.54) is 0 Å². The summed E-state index contributed by atoms with van der Waals surface area (Å²) in [5, 5.41) is 11.1. The first-order valence-corrected chi connectivity index (χ1v) is 4.68. The largest absolute Gasteiger partial charge is 0.479 e. The van der Waals surface area contributed by atoms with E-state index >= 15 is 0 Å². The smallest absolute Gasteiger partial charge is 0.409 e. The molecule has 5 heteroatoms. The number of ether oxygens (including phenoxy) is 1. The lowest BCUT2D eigenvalue weighted by Crippen LogP contribution is -2.52. The summed E-state index contributed by atoms with van der Waals surface area (Å²) in [7, 11) is 0. The Morgan fingerprint density at radius 1 is 1.25 bits per heavy atom. The first kappa shape index (κ1) is 14.2. The molecule has 0 radical (unpaired) electrons. The maximum absolute atomic E-state index is 11.4. The van der Waals surface area contributed by atoms with Crippen LogP contribution in [0.1, 0.15) is 20.8 Å². The van der Waals surface area contributed by atoms with E-state index in [2.05, 4.69) is 18.5 Å². The van der Waals surface area contributed by atoms with Crippen LogP contribution in [0.25, 0.3) is 0 Å². The number of nitrogens with one attached hydrogen (secondary N) is 1. The monoisotopic (exact) mass is 227 g/mol. The number of rotatable bonds is 4. The maximum atomic E-state index is 11.4. The van der Waals surface area contributed by atoms with Gasteiger partial charge in [0.05, 0.1) is 0 Å². The van der Waals surface area contributed by atoms with Crippen LogP contribution in [0.3, 0.4) is 0 Å². The molecule has 0 rings (SSSR count). The summed E-state index contributed by atoms with van der Waals surface area (Å²) in [4.78, 5) is 22.4. The highest BCUT2D eigenvalue weighted by molar-refractivity contribution is 5.88. The van der Waals surface area contributed by atoms with Crippen LogP contribution in [0.15, 0.2) is 25.3 Å². The second kappa shape index (κ2) is 4.83. The van der Waals surface area contributed by atoms with Gasteiger partial charge in [-0.25, -0.2) is 9.59 Å². The highest BCUT2D eigenvalue weighted by atomic mass is 16.6. The molecule has 0 heterocycles. The molecule has 0 fully saturated rings. The Hall–Kier alpha value is -1.78. The molecule has 0 aromatic rings. The van der Waals surface area contributed by atoms with Gasteiger partial charge in [-0.15, -0.1) is 0 Å². The molecule has 2 N–H and O–H groups in total. The van der Waals surface area contributed by atoms with Crippen LogP contribution in [0, 0.1) is 0 Å². The molecule has 0 saturated heterocycles. The Morgan fingerprint density at radius 2 is 1.69 bits per heavy atom. The van der Waals surface area contributed by atoms with Crippen molar-refractivity contribution in [2.75, 3.05) is 0 Å². The fourth-order valence-electron chi connectivity index (χ4n) is 0.886. The molecule has 90 valence electrons. The van der Waals surface area contributed by atoms with Gasteiger partial charge in [0.2, 0.25) is 0 Å². The Morgan fingerprint density at radius 3 is 1.94 bits per heavy atom. The van der Waals surface area contributed by atoms with Gasteiger partial charge in [0.25, 0.3) is 0 Å². The highest BCUT2D eigenvalue weighted by Crippen LogP contribution is 2.12. The van der Waals surface area contributed by atoms with E-state index < -0.39 is 23.2 Å². The Balaban J connectivity index is 4.79. The van der Waals surface area contributed by atoms with E-state index in [1.807, 2.05) is 0 Å². The molecule has 0 atom stereocenters. The van der Waals surface area contributed by atoms with Crippen LogP contribution in [-0.2, 0) is 9.53 Å². The van der Waals surface area contributed by atoms with Crippen molar-refractivity contribution in [2.24, 2.45) is 0 Å². The van der Waals surface area contributed by atoms with Gasteiger partial charge in [0.15, 0.2) is 5.54 Å². The summed E-state index contributed by atoms with van der Waals surface area (Å²) in [6, 6.07) is 0. The molecule has 0 aromatic heterocycles. The Labute approximate surface area is 94.8 Å². The first-order valence-electron chi connectivity index (χ1n) is 4.68. The average molecular weight is 227 g/mol. The van der Waals surface area contributed by atoms with Gasteiger partial charge in [-0.3, -0.25) is 5.32 Å². The number of carbonyl (C=O) groups is 2. The SMILES string of the molecule is C=CC(C=C)(NC(=O)OC(C)(C)C)C(=O)O. The quantitative estimate of drug-likeness (QED) is 0.717. The zero-order valence-corrected chi connectivity index (χ0v) is 9.74. The molecular formula is C11H17NO4. The van der Waals surface area contributed by atoms with Crippen molar-refractivity contribution in [1.29, 1.82) is 0 Å². The predicted octanol–water partition coefficient (Wildman–Crippen LogP) is 1.71. The second-order valence-electron chi connectivity index (χ2n) is 4.21. The van der Waals surface area contributed by atoms with Gasteiger partial charge in [0.1, 0.15) is 5.60 Å². The number of carboxylic acids is 1. The number of hydrogen-bond donors (Lipinski definition) is 2. The summed E-state index contributed by atoms with van der Waals surface area (Å²) in [5.74, 6) is -1.27. The summed E-state index contributed by atoms with van der Waals surface area (Å²) < 4.78 is 4.94. The van der Waals surface area contributed by atoms with E-state index in [-0.39, 0.29) is 0 Å². The van der Waals surface area contributed by atoms with Crippen molar-refractivity contribution >= 4 is 12.1 Å². The van der Waals surface area contributed by atoms with Crippen molar-refractivity contribution in [3.05, 3.63) is 25.3 Å². The lowest BCUT2D eigenvalue weighted by atomic mass is 10.0. The summed E-state index contributed by atoms with van der Waals surface area (Å²) in [5.41, 5.74) is -2.40. The number of hydrogen-bond acceptors (Lipinski definition) is 3. The maximum Gasteiger partial charge on any atom is 0.409 e. The first-order chi connectivity index (χ1) is 7.17. The number of amides is 1. The molecule has 0 bridgehead atoms. The van der Waals surface area contributed by atoms with Gasteiger partial charge < -0.3 is 9.84 Å². The van der Waals surface area contributed by atoms with Gasteiger partial charge in [-0.05, 0) is 20.8 Å². The number of carbonyl (C=O) groups excluding carboxylic acids is 1. The predicted molar refractivity (Wildman–Crippen MR) is 60.1 cm³/mol. The number of aliphatic carboxylic acids is 1. The molecule has 0 unspecified atom stereocenters. The van der Waals surface area contributed by atoms with Crippen molar-refractivity contribution < 1.29 is 19.4 Å². The normalized spacial score (nSPS) is 11.4. The molecule has 5 nitrogen and oxygen atoms in total. The van der Waals surface area contributed by atoms with Crippen molar-refractivity contribution in [2.45, 2.75) is 31.9 Å². The summed E-state index contributed by atoms with van der Waals surface area (Å²) >= 11 is 0. The molecule has 0 saturated carbocycles. The standard InChI is InChI=1S/C11H17NO4/c1-6-11(7-2,8(13)14)12-9(15)16-10(3,4)5/h6-7H,1-2H2,3-5H3,(H,12,15)(H,13,14). The third-order valence-corrected chi connectivity index (χ3v) is 1.71. The molecule has 0 aliphatic carbocycles. The van der Waals surface area contributed by atoms with E-state index in [0.29, 0.717) is 0 Å². The van der Waals surface area contributed by atoms with E-state index in [4.69, 9.17) is 9.84 Å².